The van der Waals surface area contributed by atoms with Crippen LogP contribution in [0.3, 0.4) is 0 Å². The summed E-state index contributed by atoms with van der Waals surface area (Å²) in [4.78, 5) is 27.2. The quantitative estimate of drug-likeness (QED) is 0.0426. The Kier molecular flexibility index (Phi) is 25.8. The smallest absolute Gasteiger partial charge is 0.333 e. The Bertz CT molecular complexity index is 3150. The molecule has 30 heteroatoms. The summed E-state index contributed by atoms with van der Waals surface area (Å²) >= 11 is 0. The first-order valence-electron chi connectivity index (χ1n) is 37.0. The normalized spacial score (nSPS) is 49.1. The molecule has 4 aliphatic carbocycles. The molecular formula is C75H114O30. The molecule has 594 valence electrons. The third-order valence-electron chi connectivity index (χ3n) is 25.1. The highest BCUT2D eigenvalue weighted by Gasteiger charge is 2.82. The number of rotatable bonds is 23. The van der Waals surface area contributed by atoms with E-state index >= 15 is 0 Å². The SMILES string of the molecule is CC=C(C)C(=O)OC(C)C1(O)CCC2(O)C3(O)C=CC4(O)CC(OC5CC(OC)C(OC6CC(OC)C(OC7CC(OC)C(OC8CC(O)C(OC9OC(C)C(OC%10OC(CO)C(O)C(O)C%10O)C(OC)C9O)C(C)O8)C(C)O7)C(C)O6)C(C)O5)CCC4(C)C3CC(OC(=O)C=Cc3ccccc3)C12C. The van der Waals surface area contributed by atoms with E-state index in [4.69, 9.17) is 85.3 Å². The molecule has 6 heterocycles. The molecule has 0 aromatic heterocycles. The van der Waals surface area contributed by atoms with Crippen molar-refractivity contribution in [1.82, 2.24) is 0 Å². The second-order valence-corrected chi connectivity index (χ2v) is 31.0. The van der Waals surface area contributed by atoms with Crippen molar-refractivity contribution < 1.29 is 146 Å². The number of esters is 2. The van der Waals surface area contributed by atoms with Gasteiger partial charge in [-0.15, -0.1) is 0 Å². The molecule has 36 atom stereocenters. The van der Waals surface area contributed by atoms with Gasteiger partial charge in [-0.2, -0.15) is 0 Å². The van der Waals surface area contributed by atoms with Crippen LogP contribution in [0.1, 0.15) is 139 Å². The molecule has 0 amide bonds. The minimum atomic E-state index is -2.18. The monoisotopic (exact) mass is 1490 g/mol. The standard InChI is InChI=1S/C75H114O30/c1-15-36(2)67(83)97-42(8)73(85)27-28-75(87)71(73,10)51(100-52(78)22-21-43-19-17-16-18-20-43)33-50-70(9)24-23-44(34-72(70,84)25-26-74(50,75)86)98-54-30-46(88-11)63(38(4)93-54)102-56-32-48(90-13)64(40(6)95-56)103-55-31-47(89-12)62(39(5)94-55)101-53-29-45(77)61(37(3)92-53)104-69-60(82)66(91-14)65(41(7)96-69)105-68-59(81)58(80)57(79)49(35-76)99-68/h15-22,25-26,37-42,44-51,53-66,68-69,76-77,79-82,84-87H,23-24,27-35H2,1-14H3. The molecule has 6 saturated heterocycles. The third-order valence-corrected chi connectivity index (χ3v) is 25.1. The van der Waals surface area contributed by atoms with Gasteiger partial charge < -0.3 is 136 Å². The van der Waals surface area contributed by atoms with Gasteiger partial charge in [-0.3, -0.25) is 0 Å². The van der Waals surface area contributed by atoms with Crippen molar-refractivity contribution in [3.8, 4) is 0 Å². The number of carbonyl (C=O) groups excluding carboxylic acids is 2. The predicted octanol–water partition coefficient (Wildman–Crippen LogP) is 2.19. The molecule has 105 heavy (non-hydrogen) atoms. The van der Waals surface area contributed by atoms with Crippen LogP contribution >= 0.6 is 0 Å². The van der Waals surface area contributed by atoms with Crippen molar-refractivity contribution in [1.29, 1.82) is 0 Å². The molecule has 36 unspecified atom stereocenters. The number of benzene rings is 1. The number of hydrogen-bond acceptors (Lipinski definition) is 30. The average Bonchev–Trinajstić information content (AvgIpc) is 1.58. The molecule has 10 N–H and O–H groups in total. The van der Waals surface area contributed by atoms with E-state index in [0.29, 0.717) is 18.4 Å². The lowest BCUT2D eigenvalue weighted by atomic mass is 9.41. The van der Waals surface area contributed by atoms with E-state index in [1.54, 1.807) is 74.2 Å². The Morgan fingerprint density at radius 3 is 1.65 bits per heavy atom. The Morgan fingerprint density at radius 1 is 0.590 bits per heavy atom. The lowest BCUT2D eigenvalue weighted by Crippen LogP contribution is -2.80. The van der Waals surface area contributed by atoms with Gasteiger partial charge in [0.2, 0.25) is 0 Å². The Hall–Kier alpha value is -3.66. The van der Waals surface area contributed by atoms with Crippen LogP contribution in [0.4, 0.5) is 0 Å². The Balaban J connectivity index is 0.673. The van der Waals surface area contributed by atoms with Crippen molar-refractivity contribution in [2.24, 2.45) is 16.7 Å². The molecule has 0 radical (unpaired) electrons. The van der Waals surface area contributed by atoms with Crippen molar-refractivity contribution in [3.05, 3.63) is 65.8 Å². The van der Waals surface area contributed by atoms with Gasteiger partial charge in [0.05, 0.1) is 78.7 Å². The number of aliphatic hydroxyl groups excluding tert-OH is 6. The Morgan fingerprint density at radius 2 is 1.11 bits per heavy atom. The van der Waals surface area contributed by atoms with Crippen LogP contribution in [0.15, 0.2) is 60.2 Å². The molecule has 6 aliphatic heterocycles. The minimum absolute atomic E-state index is 0.0488. The molecule has 0 bridgehead atoms. The maximum absolute atomic E-state index is 14.0. The van der Waals surface area contributed by atoms with E-state index in [-0.39, 0.29) is 51.4 Å². The molecule has 9 fully saturated rings. The summed E-state index contributed by atoms with van der Waals surface area (Å²) in [6.07, 6.45) is -19.9. The van der Waals surface area contributed by atoms with Crippen LogP contribution in [0.5, 0.6) is 0 Å². The van der Waals surface area contributed by atoms with E-state index in [2.05, 4.69) is 0 Å². The fraction of sp³-hybridized carbons (Fsp3) is 0.813. The lowest BCUT2D eigenvalue weighted by Gasteiger charge is -2.68. The van der Waals surface area contributed by atoms with Gasteiger partial charge in [-0.25, -0.2) is 9.59 Å². The molecule has 0 spiro atoms. The lowest BCUT2D eigenvalue weighted by molar-refractivity contribution is -0.373. The van der Waals surface area contributed by atoms with E-state index < -0.39 is 236 Å². The van der Waals surface area contributed by atoms with Crippen molar-refractivity contribution in [3.63, 3.8) is 0 Å². The summed E-state index contributed by atoms with van der Waals surface area (Å²) in [6.45, 7) is 16.4. The zero-order valence-corrected chi connectivity index (χ0v) is 62.5. The number of carbonyl (C=O) groups is 2. The number of ether oxygens (including phenoxy) is 18. The summed E-state index contributed by atoms with van der Waals surface area (Å²) in [5.74, 6) is -2.36. The third kappa shape index (κ3) is 15.5. The van der Waals surface area contributed by atoms with Crippen LogP contribution in [-0.4, -0.2) is 299 Å². The molecule has 1 aromatic carbocycles. The van der Waals surface area contributed by atoms with E-state index in [9.17, 15) is 60.7 Å². The number of methoxy groups -OCH3 is 4. The molecule has 30 nitrogen and oxygen atoms in total. The fourth-order valence-electron chi connectivity index (χ4n) is 18.6. The number of aliphatic hydroxyl groups is 10. The first-order chi connectivity index (χ1) is 49.7. The second kappa shape index (κ2) is 33.0. The van der Waals surface area contributed by atoms with Gasteiger partial charge in [0, 0.05) is 83.5 Å². The van der Waals surface area contributed by atoms with Gasteiger partial charge in [0.25, 0.3) is 0 Å². The summed E-state index contributed by atoms with van der Waals surface area (Å²) in [5, 5.41) is 117. The summed E-state index contributed by atoms with van der Waals surface area (Å²) in [5.41, 5.74) is -9.83. The van der Waals surface area contributed by atoms with Crippen LogP contribution in [0.2, 0.25) is 0 Å². The van der Waals surface area contributed by atoms with Crippen LogP contribution in [0.25, 0.3) is 6.08 Å². The van der Waals surface area contributed by atoms with Gasteiger partial charge >= 0.3 is 11.9 Å². The highest BCUT2D eigenvalue weighted by atomic mass is 16.8. The largest absolute Gasteiger partial charge is 0.458 e. The summed E-state index contributed by atoms with van der Waals surface area (Å²) in [7, 11) is 6.04. The van der Waals surface area contributed by atoms with Gasteiger partial charge in [0.15, 0.2) is 37.7 Å². The zero-order chi connectivity index (χ0) is 76.2. The van der Waals surface area contributed by atoms with Crippen LogP contribution in [0, 0.1) is 16.7 Å². The maximum Gasteiger partial charge on any atom is 0.333 e. The molecule has 10 aliphatic rings. The highest BCUT2D eigenvalue weighted by molar-refractivity contribution is 5.88. The molecule has 11 rings (SSSR count). The van der Waals surface area contributed by atoms with E-state index in [1.165, 1.54) is 26.2 Å². The topological polar surface area (TPSA) is 403 Å². The fourth-order valence-corrected chi connectivity index (χ4v) is 18.6. The first-order valence-corrected chi connectivity index (χ1v) is 37.0. The van der Waals surface area contributed by atoms with Crippen molar-refractivity contribution in [2.45, 2.75) is 334 Å². The average molecular weight is 1500 g/mol. The highest BCUT2D eigenvalue weighted by Crippen LogP contribution is 2.72. The maximum atomic E-state index is 14.0. The summed E-state index contributed by atoms with van der Waals surface area (Å²) in [6, 6.07) is 9.15. The summed E-state index contributed by atoms with van der Waals surface area (Å²) < 4.78 is 112. The van der Waals surface area contributed by atoms with Gasteiger partial charge in [-0.1, -0.05) is 62.4 Å². The van der Waals surface area contributed by atoms with E-state index in [0.717, 1.165) is 5.56 Å². The van der Waals surface area contributed by atoms with Crippen molar-refractivity contribution >= 4 is 18.0 Å². The molecule has 1 aromatic rings. The number of fused-ring (bicyclic) bond motifs is 5. The number of hydrogen-bond donors (Lipinski definition) is 10. The first kappa shape index (κ1) is 82.3. The minimum Gasteiger partial charge on any atom is -0.458 e. The Labute approximate surface area is 613 Å². The van der Waals surface area contributed by atoms with Gasteiger partial charge in [0.1, 0.15) is 96.2 Å². The predicted molar refractivity (Wildman–Crippen MR) is 365 cm³/mol. The number of allylic oxidation sites excluding steroid dienone is 1. The van der Waals surface area contributed by atoms with E-state index in [1.807, 2.05) is 58.0 Å². The van der Waals surface area contributed by atoms with Crippen LogP contribution in [-0.2, 0) is 94.9 Å². The van der Waals surface area contributed by atoms with Crippen molar-refractivity contribution in [2.75, 3.05) is 35.0 Å². The zero-order valence-electron chi connectivity index (χ0n) is 62.5. The van der Waals surface area contributed by atoms with Gasteiger partial charge in [-0.05, 0) is 99.1 Å². The molecular weight excluding hydrogens is 1380 g/mol. The molecule has 3 saturated carbocycles. The van der Waals surface area contributed by atoms with Crippen LogP contribution < -0.4 is 0 Å². The second-order valence-electron chi connectivity index (χ2n) is 31.0.